The predicted molar refractivity (Wildman–Crippen MR) is 118 cm³/mol. The molecule has 3 aromatic heterocycles. The fourth-order valence-corrected chi connectivity index (χ4v) is 4.20. The van der Waals surface area contributed by atoms with Crippen molar-refractivity contribution in [2.45, 2.75) is 26.4 Å². The number of nitrogens with one attached hydrogen (secondary N) is 1. The molecule has 0 bridgehead atoms. The average molecular weight is 479 g/mol. The van der Waals surface area contributed by atoms with Crippen molar-refractivity contribution in [2.24, 2.45) is 0 Å². The van der Waals surface area contributed by atoms with Crippen LogP contribution >= 0.6 is 34.5 Å². The Labute approximate surface area is 190 Å². The molecule has 0 saturated carbocycles. The molecule has 3 heterocycles. The number of hydrogen-bond acceptors (Lipinski definition) is 8. The molecule has 1 aromatic carbocycles. The quantitative estimate of drug-likeness (QED) is 0.297. The number of nitrogens with zero attached hydrogens (tertiary/aromatic N) is 7. The number of aryl methyl sites for hydroxylation is 1. The SMILES string of the molecule is Cc1nn([C@@H](C)c2nnc(Nc3ccn(Cc4c(Cl)cccc4Cl)n3)s2)cc1[N+](=O)[O-]. The van der Waals surface area contributed by atoms with Gasteiger partial charge in [-0.1, -0.05) is 40.6 Å². The second-order valence-corrected chi connectivity index (χ2v) is 8.51. The van der Waals surface area contributed by atoms with Crippen molar-refractivity contribution in [1.29, 1.82) is 0 Å². The number of aromatic nitrogens is 6. The highest BCUT2D eigenvalue weighted by molar-refractivity contribution is 7.15. The zero-order chi connectivity index (χ0) is 22.1. The first-order chi connectivity index (χ1) is 14.8. The Kier molecular flexibility index (Phi) is 5.90. The Morgan fingerprint density at radius 2 is 1.97 bits per heavy atom. The van der Waals surface area contributed by atoms with Gasteiger partial charge in [0.25, 0.3) is 0 Å². The van der Waals surface area contributed by atoms with E-state index in [9.17, 15) is 10.1 Å². The normalized spacial score (nSPS) is 12.1. The van der Waals surface area contributed by atoms with Gasteiger partial charge in [0.05, 0.1) is 11.5 Å². The van der Waals surface area contributed by atoms with Gasteiger partial charge in [-0.15, -0.1) is 10.2 Å². The van der Waals surface area contributed by atoms with E-state index in [0.717, 1.165) is 5.56 Å². The summed E-state index contributed by atoms with van der Waals surface area (Å²) in [5.74, 6) is 0.587. The zero-order valence-electron chi connectivity index (χ0n) is 16.4. The van der Waals surface area contributed by atoms with Gasteiger partial charge in [0, 0.05) is 27.9 Å². The Bertz CT molecular complexity index is 1230. The van der Waals surface area contributed by atoms with Gasteiger partial charge >= 0.3 is 5.69 Å². The van der Waals surface area contributed by atoms with Crippen LogP contribution < -0.4 is 5.32 Å². The number of hydrogen-bond donors (Lipinski definition) is 1. The minimum atomic E-state index is -0.454. The van der Waals surface area contributed by atoms with Gasteiger partial charge in [-0.2, -0.15) is 10.2 Å². The van der Waals surface area contributed by atoms with E-state index in [1.807, 2.05) is 6.92 Å². The number of halogens is 2. The largest absolute Gasteiger partial charge is 0.313 e. The van der Waals surface area contributed by atoms with Crippen molar-refractivity contribution in [3.63, 3.8) is 0 Å². The zero-order valence-corrected chi connectivity index (χ0v) is 18.7. The van der Waals surface area contributed by atoms with Crippen molar-refractivity contribution in [1.82, 2.24) is 29.8 Å². The highest BCUT2D eigenvalue weighted by Crippen LogP contribution is 2.29. The maximum absolute atomic E-state index is 11.0. The Balaban J connectivity index is 1.46. The first-order valence-electron chi connectivity index (χ1n) is 9.08. The molecule has 4 rings (SSSR count). The van der Waals surface area contributed by atoms with Crippen LogP contribution in [0.4, 0.5) is 16.6 Å². The van der Waals surface area contributed by atoms with Crippen molar-refractivity contribution in [3.8, 4) is 0 Å². The molecule has 0 fully saturated rings. The second kappa shape index (κ2) is 8.61. The molecule has 13 heteroatoms. The molecule has 0 radical (unpaired) electrons. The second-order valence-electron chi connectivity index (χ2n) is 6.68. The van der Waals surface area contributed by atoms with E-state index < -0.39 is 4.92 Å². The summed E-state index contributed by atoms with van der Waals surface area (Å²) in [4.78, 5) is 10.6. The van der Waals surface area contributed by atoms with E-state index in [-0.39, 0.29) is 11.7 Å². The predicted octanol–water partition coefficient (Wildman–Crippen LogP) is 4.86. The van der Waals surface area contributed by atoms with Gasteiger partial charge < -0.3 is 5.32 Å². The third kappa shape index (κ3) is 4.53. The highest BCUT2D eigenvalue weighted by atomic mass is 35.5. The first kappa shape index (κ1) is 21.2. The lowest BCUT2D eigenvalue weighted by atomic mass is 10.2. The van der Waals surface area contributed by atoms with E-state index in [0.29, 0.717) is 38.2 Å². The Morgan fingerprint density at radius 3 is 2.65 bits per heavy atom. The summed E-state index contributed by atoms with van der Waals surface area (Å²) in [6, 6.07) is 6.85. The van der Waals surface area contributed by atoms with Gasteiger partial charge in [0.1, 0.15) is 22.9 Å². The molecule has 1 atom stereocenters. The lowest BCUT2D eigenvalue weighted by Gasteiger charge is -2.07. The maximum atomic E-state index is 11.0. The summed E-state index contributed by atoms with van der Waals surface area (Å²) in [6.45, 7) is 3.87. The summed E-state index contributed by atoms with van der Waals surface area (Å²) in [5.41, 5.74) is 1.11. The molecule has 0 amide bonds. The van der Waals surface area contributed by atoms with Crippen LogP contribution in [0.5, 0.6) is 0 Å². The van der Waals surface area contributed by atoms with Crippen LogP contribution in [0.2, 0.25) is 10.0 Å². The van der Waals surface area contributed by atoms with Crippen LogP contribution in [0.1, 0.15) is 29.2 Å². The van der Waals surface area contributed by atoms with Crippen LogP contribution in [0, 0.1) is 17.0 Å². The van der Waals surface area contributed by atoms with Crippen LogP contribution in [-0.2, 0) is 6.54 Å². The Hall–Kier alpha value is -3.02. The summed E-state index contributed by atoms with van der Waals surface area (Å²) in [7, 11) is 0. The van der Waals surface area contributed by atoms with Gasteiger partial charge in [-0.3, -0.25) is 19.5 Å². The van der Waals surface area contributed by atoms with Gasteiger partial charge in [-0.05, 0) is 26.0 Å². The molecular weight excluding hydrogens is 463 g/mol. The molecular formula is C18H16Cl2N8O2S. The lowest BCUT2D eigenvalue weighted by Crippen LogP contribution is -2.07. The van der Waals surface area contributed by atoms with E-state index >= 15 is 0 Å². The summed E-state index contributed by atoms with van der Waals surface area (Å²) in [6.07, 6.45) is 3.20. The molecule has 4 aromatic rings. The molecule has 10 nitrogen and oxygen atoms in total. The monoisotopic (exact) mass is 478 g/mol. The van der Waals surface area contributed by atoms with Crippen molar-refractivity contribution in [2.75, 3.05) is 5.32 Å². The fraction of sp³-hybridized carbons (Fsp3) is 0.222. The van der Waals surface area contributed by atoms with Crippen molar-refractivity contribution in [3.05, 3.63) is 73.1 Å². The van der Waals surface area contributed by atoms with E-state index in [1.54, 1.807) is 42.1 Å². The number of nitro groups is 1. The molecule has 0 aliphatic carbocycles. The van der Waals surface area contributed by atoms with Gasteiger partial charge in [-0.25, -0.2) is 0 Å². The number of rotatable bonds is 7. The number of anilines is 2. The molecule has 0 saturated heterocycles. The number of benzene rings is 1. The average Bonchev–Trinajstić information content (AvgIpc) is 3.45. The Morgan fingerprint density at radius 1 is 1.23 bits per heavy atom. The third-order valence-corrected chi connectivity index (χ3v) is 6.26. The summed E-state index contributed by atoms with van der Waals surface area (Å²) < 4.78 is 3.23. The van der Waals surface area contributed by atoms with Crippen molar-refractivity contribution < 1.29 is 4.92 Å². The van der Waals surface area contributed by atoms with E-state index in [4.69, 9.17) is 23.2 Å². The molecule has 1 N–H and O–H groups in total. The minimum absolute atomic E-state index is 0.0288. The molecule has 31 heavy (non-hydrogen) atoms. The van der Waals surface area contributed by atoms with Crippen LogP contribution in [-0.4, -0.2) is 34.7 Å². The van der Waals surface area contributed by atoms with Crippen LogP contribution in [0.3, 0.4) is 0 Å². The highest BCUT2D eigenvalue weighted by Gasteiger charge is 2.21. The van der Waals surface area contributed by atoms with Gasteiger partial charge in [0.2, 0.25) is 5.13 Å². The molecule has 0 spiro atoms. The first-order valence-corrected chi connectivity index (χ1v) is 10.7. The van der Waals surface area contributed by atoms with Crippen LogP contribution in [0.15, 0.2) is 36.7 Å². The summed E-state index contributed by atoms with van der Waals surface area (Å²) >= 11 is 13.8. The van der Waals surface area contributed by atoms with Crippen LogP contribution in [0.25, 0.3) is 0 Å². The molecule has 160 valence electrons. The molecule has 0 aliphatic rings. The maximum Gasteiger partial charge on any atom is 0.309 e. The standard InChI is InChI=1S/C18H16Cl2N8O2S/c1-10-15(28(29)30)9-27(24-10)11(2)17-22-23-18(31-17)21-16-6-7-26(25-16)8-12-13(19)4-3-5-14(12)20/h3-7,9,11H,8H2,1-2H3,(H,21,23,25)/t11-/m0/s1. The smallest absolute Gasteiger partial charge is 0.309 e. The minimum Gasteiger partial charge on any atom is -0.313 e. The van der Waals surface area contributed by atoms with E-state index in [2.05, 4.69) is 25.7 Å². The third-order valence-electron chi connectivity index (χ3n) is 4.54. The van der Waals surface area contributed by atoms with E-state index in [1.165, 1.54) is 22.2 Å². The summed E-state index contributed by atoms with van der Waals surface area (Å²) in [5, 5.41) is 33.5. The van der Waals surface area contributed by atoms with Crippen molar-refractivity contribution >= 4 is 51.2 Å². The molecule has 0 aliphatic heterocycles. The topological polar surface area (TPSA) is 117 Å². The fourth-order valence-electron chi connectivity index (χ4n) is 2.89. The van der Waals surface area contributed by atoms with Gasteiger partial charge in [0.15, 0.2) is 5.82 Å². The lowest BCUT2D eigenvalue weighted by molar-refractivity contribution is -0.385. The molecule has 0 unspecified atom stereocenters.